The van der Waals surface area contributed by atoms with Crippen molar-refractivity contribution in [2.24, 2.45) is 7.05 Å². The van der Waals surface area contributed by atoms with Crippen LogP contribution in [0.4, 0.5) is 0 Å². The summed E-state index contributed by atoms with van der Waals surface area (Å²) in [4.78, 5) is 51.2. The molecule has 3 rings (SSSR count). The van der Waals surface area contributed by atoms with Crippen molar-refractivity contribution in [2.45, 2.75) is 13.0 Å². The highest BCUT2D eigenvalue weighted by atomic mass is 16.5. The predicted molar refractivity (Wildman–Crippen MR) is 90.7 cm³/mol. The molecule has 0 N–H and O–H groups in total. The van der Waals surface area contributed by atoms with Crippen LogP contribution in [0.15, 0.2) is 17.8 Å². The number of Topliss-reactive ketones (excluding diaryl/α,β-unsaturated/α-hetero) is 1. The highest BCUT2D eigenvalue weighted by Crippen LogP contribution is 2.35. The summed E-state index contributed by atoms with van der Waals surface area (Å²) in [5.74, 6) is -2.17. The smallest absolute Gasteiger partial charge is 0.340 e. The second-order valence-corrected chi connectivity index (χ2v) is 6.12. The summed E-state index contributed by atoms with van der Waals surface area (Å²) in [5, 5.41) is 0. The molecule has 0 saturated carbocycles. The SMILES string of the molecule is COC(=O)/C=C/c1c(C(=O)OC)c2c(n1C)C(=O)C=C(N1CC1C)C2=O. The highest BCUT2D eigenvalue weighted by Gasteiger charge is 2.42. The third kappa shape index (κ3) is 2.63. The third-order valence-corrected chi connectivity index (χ3v) is 4.54. The summed E-state index contributed by atoms with van der Waals surface area (Å²) < 4.78 is 10.8. The number of methoxy groups -OCH3 is 2. The molecule has 1 unspecified atom stereocenters. The molecule has 2 aliphatic rings. The Balaban J connectivity index is 2.20. The van der Waals surface area contributed by atoms with Gasteiger partial charge in [0.15, 0.2) is 0 Å². The summed E-state index contributed by atoms with van der Waals surface area (Å²) in [7, 11) is 3.96. The number of hydrogen-bond acceptors (Lipinski definition) is 7. The van der Waals surface area contributed by atoms with Crippen molar-refractivity contribution < 1.29 is 28.7 Å². The van der Waals surface area contributed by atoms with Gasteiger partial charge in [-0.05, 0) is 13.0 Å². The van der Waals surface area contributed by atoms with E-state index >= 15 is 0 Å². The van der Waals surface area contributed by atoms with Gasteiger partial charge in [-0.25, -0.2) is 9.59 Å². The Kier molecular flexibility index (Phi) is 4.27. The molecule has 0 spiro atoms. The second kappa shape index (κ2) is 6.29. The Morgan fingerprint density at radius 2 is 1.88 bits per heavy atom. The van der Waals surface area contributed by atoms with Gasteiger partial charge in [0, 0.05) is 31.8 Å². The van der Waals surface area contributed by atoms with E-state index in [9.17, 15) is 19.2 Å². The van der Waals surface area contributed by atoms with Gasteiger partial charge in [-0.15, -0.1) is 0 Å². The van der Waals surface area contributed by atoms with Gasteiger partial charge in [0.05, 0.1) is 36.7 Å². The number of fused-ring (bicyclic) bond motifs is 1. The molecule has 0 radical (unpaired) electrons. The summed E-state index contributed by atoms with van der Waals surface area (Å²) in [6.07, 6.45) is 3.74. The van der Waals surface area contributed by atoms with Gasteiger partial charge in [0.1, 0.15) is 5.69 Å². The van der Waals surface area contributed by atoms with E-state index < -0.39 is 17.7 Å². The zero-order valence-corrected chi connectivity index (χ0v) is 14.9. The molecule has 2 heterocycles. The molecule has 0 aromatic carbocycles. The van der Waals surface area contributed by atoms with Crippen LogP contribution in [-0.2, 0) is 21.3 Å². The Morgan fingerprint density at radius 1 is 1.23 bits per heavy atom. The molecule has 1 aromatic heterocycles. The van der Waals surface area contributed by atoms with Crippen molar-refractivity contribution in [3.05, 3.63) is 40.4 Å². The number of nitrogens with zero attached hydrogens (tertiary/aromatic N) is 2. The fourth-order valence-electron chi connectivity index (χ4n) is 3.10. The lowest BCUT2D eigenvalue weighted by atomic mass is 9.94. The molecule has 1 aromatic rings. The molecule has 8 nitrogen and oxygen atoms in total. The van der Waals surface area contributed by atoms with E-state index in [1.165, 1.54) is 30.9 Å². The van der Waals surface area contributed by atoms with Gasteiger partial charge < -0.3 is 18.9 Å². The van der Waals surface area contributed by atoms with Gasteiger partial charge in [0.25, 0.3) is 0 Å². The molecule has 136 valence electrons. The van der Waals surface area contributed by atoms with Crippen LogP contribution in [0.2, 0.25) is 0 Å². The molecule has 1 fully saturated rings. The fourth-order valence-corrected chi connectivity index (χ4v) is 3.10. The van der Waals surface area contributed by atoms with Crippen molar-refractivity contribution >= 4 is 29.6 Å². The molecule has 1 saturated heterocycles. The Bertz CT molecular complexity index is 905. The van der Waals surface area contributed by atoms with Crippen molar-refractivity contribution in [1.29, 1.82) is 0 Å². The minimum Gasteiger partial charge on any atom is -0.466 e. The number of ether oxygens (including phenoxy) is 2. The number of rotatable bonds is 4. The van der Waals surface area contributed by atoms with Crippen LogP contribution in [0.25, 0.3) is 6.08 Å². The van der Waals surface area contributed by atoms with E-state index in [4.69, 9.17) is 4.74 Å². The van der Waals surface area contributed by atoms with Crippen molar-refractivity contribution in [2.75, 3.05) is 20.8 Å². The van der Waals surface area contributed by atoms with E-state index in [0.29, 0.717) is 6.54 Å². The zero-order chi connectivity index (χ0) is 19.2. The van der Waals surface area contributed by atoms with Crippen LogP contribution < -0.4 is 0 Å². The van der Waals surface area contributed by atoms with E-state index in [2.05, 4.69) is 4.74 Å². The van der Waals surface area contributed by atoms with Crippen molar-refractivity contribution in [1.82, 2.24) is 9.47 Å². The molecule has 1 atom stereocenters. The number of esters is 2. The van der Waals surface area contributed by atoms with Crippen LogP contribution in [0, 0.1) is 0 Å². The number of carbonyl (C=O) groups excluding carboxylic acids is 4. The lowest BCUT2D eigenvalue weighted by Crippen LogP contribution is -2.24. The van der Waals surface area contributed by atoms with Gasteiger partial charge in [-0.1, -0.05) is 0 Å². The van der Waals surface area contributed by atoms with Gasteiger partial charge in [-0.2, -0.15) is 0 Å². The van der Waals surface area contributed by atoms with Crippen LogP contribution in [0.3, 0.4) is 0 Å². The number of ketones is 2. The summed E-state index contributed by atoms with van der Waals surface area (Å²) >= 11 is 0. The first-order valence-electron chi connectivity index (χ1n) is 7.96. The number of hydrogen-bond donors (Lipinski definition) is 0. The molecule has 26 heavy (non-hydrogen) atoms. The lowest BCUT2D eigenvalue weighted by Gasteiger charge is -2.15. The first-order valence-corrected chi connectivity index (χ1v) is 7.96. The summed E-state index contributed by atoms with van der Waals surface area (Å²) in [6.45, 7) is 2.61. The topological polar surface area (TPSA) is 94.7 Å². The minimum atomic E-state index is -0.757. The van der Waals surface area contributed by atoms with Gasteiger partial charge >= 0.3 is 11.9 Å². The van der Waals surface area contributed by atoms with Gasteiger partial charge in [0.2, 0.25) is 11.6 Å². The summed E-state index contributed by atoms with van der Waals surface area (Å²) in [6, 6.07) is 0.170. The molecule has 1 aliphatic carbocycles. The summed E-state index contributed by atoms with van der Waals surface area (Å²) in [5.41, 5.74) is 0.559. The Hall–Kier alpha value is -3.16. The maximum atomic E-state index is 13.0. The predicted octanol–water partition coefficient (Wildman–Crippen LogP) is 0.965. The van der Waals surface area contributed by atoms with E-state index in [1.54, 1.807) is 11.9 Å². The van der Waals surface area contributed by atoms with E-state index in [0.717, 1.165) is 6.08 Å². The quantitative estimate of drug-likeness (QED) is 0.449. The van der Waals surface area contributed by atoms with Crippen molar-refractivity contribution in [3.8, 4) is 0 Å². The van der Waals surface area contributed by atoms with Crippen LogP contribution >= 0.6 is 0 Å². The molecular formula is C18H18N2O6. The average molecular weight is 358 g/mol. The monoisotopic (exact) mass is 358 g/mol. The molecule has 0 amide bonds. The number of allylic oxidation sites excluding steroid dienone is 2. The molecular weight excluding hydrogens is 340 g/mol. The maximum absolute atomic E-state index is 13.0. The maximum Gasteiger partial charge on any atom is 0.340 e. The van der Waals surface area contributed by atoms with Crippen LogP contribution in [-0.4, -0.2) is 59.8 Å². The fraction of sp³-hybridized carbons (Fsp3) is 0.333. The van der Waals surface area contributed by atoms with Crippen LogP contribution in [0.1, 0.15) is 43.8 Å². The number of carbonyl (C=O) groups is 4. The highest BCUT2D eigenvalue weighted by molar-refractivity contribution is 6.27. The third-order valence-electron chi connectivity index (χ3n) is 4.54. The first-order chi connectivity index (χ1) is 12.3. The largest absolute Gasteiger partial charge is 0.466 e. The average Bonchev–Trinajstić information content (AvgIpc) is 3.26. The second-order valence-electron chi connectivity index (χ2n) is 6.12. The Morgan fingerprint density at radius 3 is 2.42 bits per heavy atom. The van der Waals surface area contributed by atoms with Crippen molar-refractivity contribution in [3.63, 3.8) is 0 Å². The normalized spacial score (nSPS) is 18.7. The molecule has 0 bridgehead atoms. The molecule has 8 heteroatoms. The molecule has 1 aliphatic heterocycles. The minimum absolute atomic E-state index is 0.00506. The first kappa shape index (κ1) is 17.7. The van der Waals surface area contributed by atoms with Crippen LogP contribution in [0.5, 0.6) is 0 Å². The Labute approximate surface area is 149 Å². The lowest BCUT2D eigenvalue weighted by molar-refractivity contribution is -0.134. The zero-order valence-electron chi connectivity index (χ0n) is 14.9. The standard InChI is InChI=1S/C18H18N2O6/c1-9-8-20(9)11-7-12(21)16-15(17(11)23)14(18(24)26-4)10(19(16)2)5-6-13(22)25-3/h5-7,9H,8H2,1-4H3/b6-5+. The van der Waals surface area contributed by atoms with E-state index in [1.807, 2.05) is 6.92 Å². The number of aromatic nitrogens is 1. The van der Waals surface area contributed by atoms with Gasteiger partial charge in [-0.3, -0.25) is 9.59 Å². The van der Waals surface area contributed by atoms with E-state index in [-0.39, 0.29) is 40.0 Å².